The molecule has 0 radical (unpaired) electrons. The lowest BCUT2D eigenvalue weighted by atomic mass is 10.4. The molecule has 1 heterocycles. The number of rotatable bonds is 3. The first-order chi connectivity index (χ1) is 6.34. The van der Waals surface area contributed by atoms with Crippen LogP contribution in [0.2, 0.25) is 0 Å². The Morgan fingerprint density at radius 3 is 3.23 bits per heavy atom. The summed E-state index contributed by atoms with van der Waals surface area (Å²) in [6.45, 7) is 0.156. The fraction of sp³-hybridized carbons (Fsp3) is 0.100. The van der Waals surface area contributed by atoms with Crippen molar-refractivity contribution in [1.29, 1.82) is 0 Å². The van der Waals surface area contributed by atoms with Gasteiger partial charge in [-0.15, -0.1) is 6.42 Å². The summed E-state index contributed by atoms with van der Waals surface area (Å²) < 4.78 is 9.59. The van der Waals surface area contributed by atoms with Crippen molar-refractivity contribution in [2.45, 2.75) is 0 Å². The molecule has 0 aliphatic rings. The minimum Gasteiger partial charge on any atom is -0.457 e. The van der Waals surface area contributed by atoms with E-state index >= 15 is 0 Å². The number of furan rings is 1. The van der Waals surface area contributed by atoms with Gasteiger partial charge in [0.1, 0.15) is 6.61 Å². The topological polar surface area (TPSA) is 39.4 Å². The van der Waals surface area contributed by atoms with E-state index in [0.29, 0.717) is 0 Å². The molecule has 13 heavy (non-hydrogen) atoms. The number of terminal acetylenes is 1. The molecule has 3 heteroatoms. The summed E-state index contributed by atoms with van der Waals surface area (Å²) >= 11 is 0. The van der Waals surface area contributed by atoms with Crippen LogP contribution in [0.4, 0.5) is 0 Å². The van der Waals surface area contributed by atoms with Crippen LogP contribution >= 0.6 is 0 Å². The van der Waals surface area contributed by atoms with Crippen molar-refractivity contribution in [3.63, 3.8) is 0 Å². The van der Waals surface area contributed by atoms with Crippen LogP contribution in [0.1, 0.15) is 10.6 Å². The quantitative estimate of drug-likeness (QED) is 0.519. The van der Waals surface area contributed by atoms with Gasteiger partial charge in [0.05, 0.1) is 6.26 Å². The lowest BCUT2D eigenvalue weighted by molar-refractivity contribution is 0.0513. The lowest BCUT2D eigenvalue weighted by Gasteiger charge is -1.96. The molecule has 1 rings (SSSR count). The zero-order chi connectivity index (χ0) is 9.52. The average Bonchev–Trinajstić information content (AvgIpc) is 2.65. The molecular formula is C10H8O3. The molecule has 0 unspecified atom stereocenters. The third-order valence-corrected chi connectivity index (χ3v) is 1.25. The molecule has 0 N–H and O–H groups in total. The summed E-state index contributed by atoms with van der Waals surface area (Å²) in [5, 5.41) is 0. The van der Waals surface area contributed by atoms with Crippen LogP contribution in [0.25, 0.3) is 0 Å². The van der Waals surface area contributed by atoms with Gasteiger partial charge in [-0.05, 0) is 24.3 Å². The predicted octanol–water partition coefficient (Wildman–Crippen LogP) is 1.63. The molecule has 1 aromatic rings. The Kier molecular flexibility index (Phi) is 3.40. The zero-order valence-electron chi connectivity index (χ0n) is 6.90. The summed E-state index contributed by atoms with van der Waals surface area (Å²) in [4.78, 5) is 11.1. The number of carbonyl (C=O) groups excluding carboxylic acids is 1. The second-order valence-electron chi connectivity index (χ2n) is 2.14. The average molecular weight is 176 g/mol. The maximum atomic E-state index is 11.1. The summed E-state index contributed by atoms with van der Waals surface area (Å²) in [7, 11) is 0. The van der Waals surface area contributed by atoms with Gasteiger partial charge < -0.3 is 9.15 Å². The van der Waals surface area contributed by atoms with Crippen LogP contribution in [0, 0.1) is 12.3 Å². The van der Waals surface area contributed by atoms with Crippen LogP contribution in [-0.2, 0) is 4.74 Å². The molecule has 0 saturated heterocycles. The van der Waals surface area contributed by atoms with Gasteiger partial charge in [-0.1, -0.05) is 5.92 Å². The standard InChI is InChI=1S/C10H8O3/c1-2-3-4-7-13-10(11)9-6-5-8-12-9/h1,3-6,8H,7H2. The van der Waals surface area contributed by atoms with Crippen LogP contribution < -0.4 is 0 Å². The molecule has 3 nitrogen and oxygen atoms in total. The molecule has 1 aromatic heterocycles. The first-order valence-electron chi connectivity index (χ1n) is 3.66. The highest BCUT2D eigenvalue weighted by Gasteiger charge is 2.07. The second kappa shape index (κ2) is 4.83. The lowest BCUT2D eigenvalue weighted by Crippen LogP contribution is -2.03. The maximum Gasteiger partial charge on any atom is 0.374 e. The van der Waals surface area contributed by atoms with E-state index in [2.05, 4.69) is 5.92 Å². The Morgan fingerprint density at radius 1 is 1.77 bits per heavy atom. The molecule has 0 spiro atoms. The van der Waals surface area contributed by atoms with Crippen LogP contribution in [0.5, 0.6) is 0 Å². The van der Waals surface area contributed by atoms with Crippen molar-refractivity contribution in [1.82, 2.24) is 0 Å². The van der Waals surface area contributed by atoms with Crippen molar-refractivity contribution in [3.05, 3.63) is 36.3 Å². The molecule has 0 bridgehead atoms. The molecule has 0 amide bonds. The molecule has 0 aliphatic carbocycles. The second-order valence-corrected chi connectivity index (χ2v) is 2.14. The minimum absolute atomic E-state index is 0.156. The SMILES string of the molecule is C#CC=CCOC(=O)c1ccco1. The van der Waals surface area contributed by atoms with E-state index in [4.69, 9.17) is 15.6 Å². The summed E-state index contributed by atoms with van der Waals surface area (Å²) in [6, 6.07) is 3.15. The van der Waals surface area contributed by atoms with E-state index in [1.54, 1.807) is 12.1 Å². The first kappa shape index (κ1) is 9.14. The molecule has 0 aliphatic heterocycles. The third-order valence-electron chi connectivity index (χ3n) is 1.25. The molecular weight excluding hydrogens is 168 g/mol. The number of allylic oxidation sites excluding steroid dienone is 1. The van der Waals surface area contributed by atoms with E-state index in [1.165, 1.54) is 18.4 Å². The van der Waals surface area contributed by atoms with Gasteiger partial charge in [0.15, 0.2) is 0 Å². The van der Waals surface area contributed by atoms with Crippen molar-refractivity contribution >= 4 is 5.97 Å². The maximum absolute atomic E-state index is 11.1. The van der Waals surface area contributed by atoms with Gasteiger partial charge in [-0.3, -0.25) is 0 Å². The summed E-state index contributed by atoms with van der Waals surface area (Å²) in [6.07, 6.45) is 9.39. The van der Waals surface area contributed by atoms with E-state index in [0.717, 1.165) is 0 Å². The molecule has 0 atom stereocenters. The van der Waals surface area contributed by atoms with Crippen molar-refractivity contribution in [2.75, 3.05) is 6.61 Å². The highest BCUT2D eigenvalue weighted by molar-refractivity contribution is 5.86. The molecule has 0 aromatic carbocycles. The number of hydrogen-bond donors (Lipinski definition) is 0. The smallest absolute Gasteiger partial charge is 0.374 e. The Labute approximate surface area is 76.0 Å². The normalized spacial score (nSPS) is 9.77. The highest BCUT2D eigenvalue weighted by Crippen LogP contribution is 2.01. The number of hydrogen-bond acceptors (Lipinski definition) is 3. The van der Waals surface area contributed by atoms with Gasteiger partial charge in [-0.2, -0.15) is 0 Å². The Balaban J connectivity index is 2.36. The van der Waals surface area contributed by atoms with Gasteiger partial charge in [-0.25, -0.2) is 4.79 Å². The molecule has 0 fully saturated rings. The van der Waals surface area contributed by atoms with Crippen molar-refractivity contribution in [2.24, 2.45) is 0 Å². The Hall–Kier alpha value is -1.95. The highest BCUT2D eigenvalue weighted by atomic mass is 16.5. The van der Waals surface area contributed by atoms with Crippen molar-refractivity contribution < 1.29 is 13.9 Å². The van der Waals surface area contributed by atoms with E-state index in [1.807, 2.05) is 0 Å². The number of esters is 1. The van der Waals surface area contributed by atoms with Crippen LogP contribution in [0.3, 0.4) is 0 Å². The van der Waals surface area contributed by atoms with Crippen LogP contribution in [0.15, 0.2) is 35.0 Å². The third kappa shape index (κ3) is 2.88. The Morgan fingerprint density at radius 2 is 2.62 bits per heavy atom. The van der Waals surface area contributed by atoms with E-state index in [-0.39, 0.29) is 12.4 Å². The van der Waals surface area contributed by atoms with Crippen LogP contribution in [-0.4, -0.2) is 12.6 Å². The molecule has 66 valence electrons. The number of ether oxygens (including phenoxy) is 1. The fourth-order valence-electron chi connectivity index (χ4n) is 0.706. The Bertz CT molecular complexity index is 328. The molecule has 0 saturated carbocycles. The van der Waals surface area contributed by atoms with Gasteiger partial charge in [0.2, 0.25) is 5.76 Å². The summed E-state index contributed by atoms with van der Waals surface area (Å²) in [5.41, 5.74) is 0. The monoisotopic (exact) mass is 176 g/mol. The van der Waals surface area contributed by atoms with Gasteiger partial charge in [0, 0.05) is 0 Å². The van der Waals surface area contributed by atoms with E-state index in [9.17, 15) is 4.79 Å². The zero-order valence-corrected chi connectivity index (χ0v) is 6.90. The summed E-state index contributed by atoms with van der Waals surface area (Å²) in [5.74, 6) is 1.98. The van der Waals surface area contributed by atoms with Gasteiger partial charge in [0.25, 0.3) is 0 Å². The van der Waals surface area contributed by atoms with Crippen molar-refractivity contribution in [3.8, 4) is 12.3 Å². The first-order valence-corrected chi connectivity index (χ1v) is 3.66. The largest absolute Gasteiger partial charge is 0.457 e. The minimum atomic E-state index is -0.494. The van der Waals surface area contributed by atoms with Gasteiger partial charge >= 0.3 is 5.97 Å². The fourth-order valence-corrected chi connectivity index (χ4v) is 0.706. The number of carbonyl (C=O) groups is 1. The van der Waals surface area contributed by atoms with E-state index < -0.39 is 5.97 Å². The predicted molar refractivity (Wildman–Crippen MR) is 47.0 cm³/mol.